The fourth-order valence-corrected chi connectivity index (χ4v) is 3.05. The summed E-state index contributed by atoms with van der Waals surface area (Å²) in [5.74, 6) is 0.211. The first-order valence-corrected chi connectivity index (χ1v) is 8.69. The van der Waals surface area contributed by atoms with Gasteiger partial charge in [0, 0.05) is 22.9 Å². The molecule has 2 rings (SSSR count). The molecule has 0 aliphatic rings. The van der Waals surface area contributed by atoms with Gasteiger partial charge in [0.05, 0.1) is 0 Å². The Morgan fingerprint density at radius 3 is 2.45 bits per heavy atom. The molecular weight excluding hydrogens is 290 g/mol. The Hall–Kier alpha value is -1.58. The van der Waals surface area contributed by atoms with Gasteiger partial charge < -0.3 is 4.90 Å². The second-order valence-electron chi connectivity index (χ2n) is 5.75. The highest BCUT2D eigenvalue weighted by molar-refractivity contribution is 7.98. The average Bonchev–Trinajstić information content (AvgIpc) is 2.54. The van der Waals surface area contributed by atoms with Crippen LogP contribution < -0.4 is 0 Å². The Balaban J connectivity index is 2.22. The van der Waals surface area contributed by atoms with Crippen molar-refractivity contribution in [1.29, 1.82) is 0 Å². The molecule has 0 radical (unpaired) electrons. The third kappa shape index (κ3) is 4.72. The topological polar surface area (TPSA) is 20.3 Å². The summed E-state index contributed by atoms with van der Waals surface area (Å²) < 4.78 is 0. The largest absolute Gasteiger partial charge is 0.309 e. The van der Waals surface area contributed by atoms with E-state index in [0.29, 0.717) is 0 Å². The van der Waals surface area contributed by atoms with E-state index in [1.165, 1.54) is 5.56 Å². The highest BCUT2D eigenvalue weighted by Crippen LogP contribution is 2.20. The van der Waals surface area contributed by atoms with Crippen molar-refractivity contribution >= 4 is 17.5 Å². The van der Waals surface area contributed by atoms with E-state index in [0.717, 1.165) is 23.4 Å². The number of ketones is 1. The zero-order chi connectivity index (χ0) is 15.9. The maximum absolute atomic E-state index is 12.9. The molecule has 0 aliphatic heterocycles. The molecule has 0 heterocycles. The number of nitrogens with zero attached hydrogens (tertiary/aromatic N) is 1. The lowest BCUT2D eigenvalue weighted by Gasteiger charge is -2.20. The Morgan fingerprint density at radius 2 is 1.82 bits per heavy atom. The van der Waals surface area contributed by atoms with E-state index < -0.39 is 0 Å². The van der Waals surface area contributed by atoms with E-state index in [-0.39, 0.29) is 11.7 Å². The minimum Gasteiger partial charge on any atom is -0.309 e. The molecule has 0 fully saturated rings. The van der Waals surface area contributed by atoms with Gasteiger partial charge in [0.2, 0.25) is 0 Å². The molecule has 0 bridgehead atoms. The first-order valence-electron chi connectivity index (χ1n) is 7.47. The molecule has 2 nitrogen and oxygen atoms in total. The average molecular weight is 313 g/mol. The summed E-state index contributed by atoms with van der Waals surface area (Å²) in [5, 5.41) is 0. The number of hydrogen-bond acceptors (Lipinski definition) is 3. The van der Waals surface area contributed by atoms with E-state index in [1.807, 2.05) is 62.8 Å². The Morgan fingerprint density at radius 1 is 1.09 bits per heavy atom. The van der Waals surface area contributed by atoms with E-state index >= 15 is 0 Å². The first-order chi connectivity index (χ1) is 10.6. The molecular formula is C19H23NOS. The summed E-state index contributed by atoms with van der Waals surface area (Å²) in [7, 11) is 4.03. The van der Waals surface area contributed by atoms with E-state index in [9.17, 15) is 4.79 Å². The molecule has 2 aromatic rings. The second-order valence-corrected chi connectivity index (χ2v) is 6.62. The number of carbonyl (C=O) groups excluding carboxylic acids is 1. The minimum absolute atomic E-state index is 0.0190. The van der Waals surface area contributed by atoms with E-state index in [1.54, 1.807) is 11.8 Å². The lowest BCUT2D eigenvalue weighted by atomic mass is 9.91. The molecule has 0 N–H and O–H groups in total. The SMILES string of the molecule is CSc1cccc(C(=O)C(Cc2ccccc2)CN(C)C)c1. The van der Waals surface area contributed by atoms with Crippen molar-refractivity contribution in [2.24, 2.45) is 5.92 Å². The van der Waals surface area contributed by atoms with Crippen LogP contribution in [0.4, 0.5) is 0 Å². The third-order valence-corrected chi connectivity index (χ3v) is 4.36. The van der Waals surface area contributed by atoms with Crippen LogP contribution in [0.15, 0.2) is 59.5 Å². The van der Waals surface area contributed by atoms with E-state index in [2.05, 4.69) is 17.0 Å². The molecule has 0 spiro atoms. The van der Waals surface area contributed by atoms with Crippen LogP contribution in [0.1, 0.15) is 15.9 Å². The predicted octanol–water partition coefficient (Wildman–Crippen LogP) is 4.01. The molecule has 1 unspecified atom stereocenters. The summed E-state index contributed by atoms with van der Waals surface area (Å²) in [5.41, 5.74) is 2.03. The van der Waals surface area contributed by atoms with Crippen LogP contribution in [-0.2, 0) is 6.42 Å². The van der Waals surface area contributed by atoms with Gasteiger partial charge in [-0.25, -0.2) is 0 Å². The first kappa shape index (κ1) is 16.8. The van der Waals surface area contributed by atoms with Crippen molar-refractivity contribution in [2.75, 3.05) is 26.9 Å². The van der Waals surface area contributed by atoms with Gasteiger partial charge in [0.15, 0.2) is 5.78 Å². The summed E-state index contributed by atoms with van der Waals surface area (Å²) in [4.78, 5) is 16.1. The summed E-state index contributed by atoms with van der Waals surface area (Å²) in [6.45, 7) is 0.761. The van der Waals surface area contributed by atoms with E-state index in [4.69, 9.17) is 0 Å². The minimum atomic E-state index is -0.0190. The molecule has 0 amide bonds. The van der Waals surface area contributed by atoms with Crippen LogP contribution in [0.2, 0.25) is 0 Å². The van der Waals surface area contributed by atoms with Gasteiger partial charge >= 0.3 is 0 Å². The summed E-state index contributed by atoms with van der Waals surface area (Å²) in [6, 6.07) is 18.2. The fourth-order valence-electron chi connectivity index (χ4n) is 2.59. The number of benzene rings is 2. The molecule has 22 heavy (non-hydrogen) atoms. The van der Waals surface area contributed by atoms with Crippen LogP contribution in [0, 0.1) is 5.92 Å². The van der Waals surface area contributed by atoms with Crippen LogP contribution in [0.25, 0.3) is 0 Å². The molecule has 2 aromatic carbocycles. The van der Waals surface area contributed by atoms with Crippen LogP contribution >= 0.6 is 11.8 Å². The Kier molecular flexibility index (Phi) is 6.22. The number of thioether (sulfide) groups is 1. The number of carbonyl (C=O) groups is 1. The van der Waals surface area contributed by atoms with Crippen molar-refractivity contribution in [3.05, 3.63) is 65.7 Å². The molecule has 0 aromatic heterocycles. The number of Topliss-reactive ketones (excluding diaryl/α,β-unsaturated/α-hetero) is 1. The zero-order valence-corrected chi connectivity index (χ0v) is 14.3. The van der Waals surface area contributed by atoms with Gasteiger partial charge in [-0.1, -0.05) is 42.5 Å². The van der Waals surface area contributed by atoms with Crippen LogP contribution in [0.3, 0.4) is 0 Å². The summed E-state index contributed by atoms with van der Waals surface area (Å²) in [6.07, 6.45) is 2.81. The van der Waals surface area contributed by atoms with Gasteiger partial charge in [-0.05, 0) is 44.5 Å². The van der Waals surface area contributed by atoms with Crippen molar-refractivity contribution in [2.45, 2.75) is 11.3 Å². The normalized spacial score (nSPS) is 12.4. The summed E-state index contributed by atoms with van der Waals surface area (Å²) >= 11 is 1.67. The Bertz CT molecular complexity index is 610. The van der Waals surface area contributed by atoms with Crippen molar-refractivity contribution < 1.29 is 4.79 Å². The quantitative estimate of drug-likeness (QED) is 0.569. The zero-order valence-electron chi connectivity index (χ0n) is 13.5. The maximum Gasteiger partial charge on any atom is 0.167 e. The number of hydrogen-bond donors (Lipinski definition) is 0. The van der Waals surface area contributed by atoms with Gasteiger partial charge in [-0.3, -0.25) is 4.79 Å². The highest BCUT2D eigenvalue weighted by Gasteiger charge is 2.21. The highest BCUT2D eigenvalue weighted by atomic mass is 32.2. The lowest BCUT2D eigenvalue weighted by Crippen LogP contribution is -2.29. The Labute approximate surface area is 137 Å². The predicted molar refractivity (Wildman–Crippen MR) is 94.7 cm³/mol. The van der Waals surface area contributed by atoms with Gasteiger partial charge in [0.25, 0.3) is 0 Å². The molecule has 116 valence electrons. The van der Waals surface area contributed by atoms with Gasteiger partial charge in [-0.2, -0.15) is 0 Å². The van der Waals surface area contributed by atoms with Crippen LogP contribution in [-0.4, -0.2) is 37.6 Å². The second kappa shape index (κ2) is 8.16. The fraction of sp³-hybridized carbons (Fsp3) is 0.316. The number of rotatable bonds is 7. The monoisotopic (exact) mass is 313 g/mol. The molecule has 1 atom stereocenters. The maximum atomic E-state index is 12.9. The third-order valence-electron chi connectivity index (χ3n) is 3.64. The molecule has 0 saturated heterocycles. The molecule has 3 heteroatoms. The van der Waals surface area contributed by atoms with Crippen molar-refractivity contribution in [3.63, 3.8) is 0 Å². The van der Waals surface area contributed by atoms with Gasteiger partial charge in [-0.15, -0.1) is 11.8 Å². The molecule has 0 aliphatic carbocycles. The smallest absolute Gasteiger partial charge is 0.167 e. The molecule has 0 saturated carbocycles. The standard InChI is InChI=1S/C19H23NOS/c1-20(2)14-17(12-15-8-5-4-6-9-15)19(21)16-10-7-11-18(13-16)22-3/h4-11,13,17H,12,14H2,1-3H3. The van der Waals surface area contributed by atoms with Crippen molar-refractivity contribution in [1.82, 2.24) is 4.90 Å². The van der Waals surface area contributed by atoms with Crippen molar-refractivity contribution in [3.8, 4) is 0 Å². The lowest BCUT2D eigenvalue weighted by molar-refractivity contribution is 0.0896. The van der Waals surface area contributed by atoms with Crippen LogP contribution in [0.5, 0.6) is 0 Å². The van der Waals surface area contributed by atoms with Gasteiger partial charge in [0.1, 0.15) is 0 Å².